The molecule has 1 aliphatic rings. The molecule has 0 spiro atoms. The SMILES string of the molecule is Clc1ccc(-c2ccc(N3CCCC3)nn2)cc1. The van der Waals surface area contributed by atoms with Gasteiger partial charge in [-0.15, -0.1) is 10.2 Å². The van der Waals surface area contributed by atoms with E-state index in [-0.39, 0.29) is 0 Å². The van der Waals surface area contributed by atoms with Gasteiger partial charge in [0, 0.05) is 23.7 Å². The molecule has 0 bridgehead atoms. The van der Waals surface area contributed by atoms with E-state index in [4.69, 9.17) is 11.6 Å². The lowest BCUT2D eigenvalue weighted by atomic mass is 10.1. The molecule has 1 saturated heterocycles. The van der Waals surface area contributed by atoms with Crippen LogP contribution in [0.1, 0.15) is 12.8 Å². The highest BCUT2D eigenvalue weighted by molar-refractivity contribution is 6.30. The van der Waals surface area contributed by atoms with Gasteiger partial charge in [-0.2, -0.15) is 0 Å². The number of halogens is 1. The van der Waals surface area contributed by atoms with Gasteiger partial charge in [0.1, 0.15) is 0 Å². The summed E-state index contributed by atoms with van der Waals surface area (Å²) in [6, 6.07) is 11.7. The minimum Gasteiger partial charge on any atom is -0.355 e. The van der Waals surface area contributed by atoms with Crippen LogP contribution in [0.15, 0.2) is 36.4 Å². The van der Waals surface area contributed by atoms with Crippen molar-refractivity contribution in [2.45, 2.75) is 12.8 Å². The Morgan fingerprint density at radius 3 is 2.22 bits per heavy atom. The van der Waals surface area contributed by atoms with Gasteiger partial charge in [0.05, 0.1) is 5.69 Å². The topological polar surface area (TPSA) is 29.0 Å². The minimum absolute atomic E-state index is 0.736. The van der Waals surface area contributed by atoms with E-state index in [0.717, 1.165) is 35.2 Å². The molecule has 0 atom stereocenters. The van der Waals surface area contributed by atoms with Crippen LogP contribution in [0.25, 0.3) is 11.3 Å². The summed E-state index contributed by atoms with van der Waals surface area (Å²) in [5.74, 6) is 0.977. The van der Waals surface area contributed by atoms with Crippen LogP contribution in [-0.2, 0) is 0 Å². The maximum absolute atomic E-state index is 5.87. The molecule has 1 fully saturated rings. The van der Waals surface area contributed by atoms with Gasteiger partial charge >= 0.3 is 0 Å². The number of rotatable bonds is 2. The smallest absolute Gasteiger partial charge is 0.151 e. The van der Waals surface area contributed by atoms with Crippen LogP contribution in [0.4, 0.5) is 5.82 Å². The van der Waals surface area contributed by atoms with Crippen LogP contribution in [0, 0.1) is 0 Å². The van der Waals surface area contributed by atoms with Crippen molar-refractivity contribution >= 4 is 17.4 Å². The molecule has 3 rings (SSSR count). The van der Waals surface area contributed by atoms with Crippen molar-refractivity contribution < 1.29 is 0 Å². The molecule has 2 aromatic rings. The van der Waals surface area contributed by atoms with Crippen LogP contribution in [0.5, 0.6) is 0 Å². The standard InChI is InChI=1S/C14H14ClN3/c15-12-5-3-11(4-6-12)13-7-8-14(17-16-13)18-9-1-2-10-18/h3-8H,1-2,9-10H2. The predicted molar refractivity (Wildman–Crippen MR) is 73.9 cm³/mol. The maximum atomic E-state index is 5.87. The van der Waals surface area contributed by atoms with Crippen LogP contribution in [-0.4, -0.2) is 23.3 Å². The summed E-state index contributed by atoms with van der Waals surface area (Å²) in [6.07, 6.45) is 2.50. The Morgan fingerprint density at radius 1 is 0.889 bits per heavy atom. The van der Waals surface area contributed by atoms with Gasteiger partial charge in [-0.1, -0.05) is 23.7 Å². The zero-order valence-electron chi connectivity index (χ0n) is 10.0. The first-order valence-corrected chi connectivity index (χ1v) is 6.55. The van der Waals surface area contributed by atoms with E-state index in [1.54, 1.807) is 0 Å². The van der Waals surface area contributed by atoms with Gasteiger partial charge in [-0.05, 0) is 37.1 Å². The second kappa shape index (κ2) is 4.94. The van der Waals surface area contributed by atoms with Crippen molar-refractivity contribution in [3.8, 4) is 11.3 Å². The highest BCUT2D eigenvalue weighted by Gasteiger charge is 2.13. The molecule has 1 aromatic carbocycles. The van der Waals surface area contributed by atoms with E-state index >= 15 is 0 Å². The van der Waals surface area contributed by atoms with Gasteiger partial charge in [-0.3, -0.25) is 0 Å². The van der Waals surface area contributed by atoms with Crippen LogP contribution < -0.4 is 4.90 Å². The number of nitrogens with zero attached hydrogens (tertiary/aromatic N) is 3. The summed E-state index contributed by atoms with van der Waals surface area (Å²) in [5, 5.41) is 9.33. The molecule has 0 amide bonds. The first kappa shape index (κ1) is 11.5. The fourth-order valence-corrected chi connectivity index (χ4v) is 2.34. The fourth-order valence-electron chi connectivity index (χ4n) is 2.21. The molecule has 1 aromatic heterocycles. The molecular formula is C14H14ClN3. The quantitative estimate of drug-likeness (QED) is 0.828. The first-order valence-electron chi connectivity index (χ1n) is 6.17. The molecule has 92 valence electrons. The average molecular weight is 260 g/mol. The third-order valence-electron chi connectivity index (χ3n) is 3.22. The molecule has 2 heterocycles. The van der Waals surface area contributed by atoms with E-state index in [2.05, 4.69) is 15.1 Å². The Bertz CT molecular complexity index is 516. The summed E-state index contributed by atoms with van der Waals surface area (Å²) in [4.78, 5) is 2.28. The zero-order chi connectivity index (χ0) is 12.4. The minimum atomic E-state index is 0.736. The summed E-state index contributed by atoms with van der Waals surface area (Å²) in [7, 11) is 0. The van der Waals surface area contributed by atoms with Gasteiger partial charge in [-0.25, -0.2) is 0 Å². The highest BCUT2D eigenvalue weighted by Crippen LogP contribution is 2.22. The Labute approximate surface area is 111 Å². The van der Waals surface area contributed by atoms with E-state index in [9.17, 15) is 0 Å². The van der Waals surface area contributed by atoms with E-state index in [0.29, 0.717) is 0 Å². The molecule has 1 aliphatic heterocycles. The van der Waals surface area contributed by atoms with Gasteiger partial charge in [0.25, 0.3) is 0 Å². The van der Waals surface area contributed by atoms with Crippen molar-refractivity contribution in [2.24, 2.45) is 0 Å². The lowest BCUT2D eigenvalue weighted by molar-refractivity contribution is 0.896. The van der Waals surface area contributed by atoms with Crippen molar-refractivity contribution in [3.05, 3.63) is 41.4 Å². The van der Waals surface area contributed by atoms with E-state index < -0.39 is 0 Å². The maximum Gasteiger partial charge on any atom is 0.151 e. The molecular weight excluding hydrogens is 246 g/mol. The largest absolute Gasteiger partial charge is 0.355 e. The Kier molecular flexibility index (Phi) is 3.15. The highest BCUT2D eigenvalue weighted by atomic mass is 35.5. The lowest BCUT2D eigenvalue weighted by Crippen LogP contribution is -2.19. The summed E-state index contributed by atoms with van der Waals surface area (Å²) >= 11 is 5.87. The molecule has 4 heteroatoms. The molecule has 3 nitrogen and oxygen atoms in total. The first-order chi connectivity index (χ1) is 8.83. The Hall–Kier alpha value is -1.61. The number of hydrogen-bond donors (Lipinski definition) is 0. The second-order valence-electron chi connectivity index (χ2n) is 4.48. The number of anilines is 1. The summed E-state index contributed by atoms with van der Waals surface area (Å²) < 4.78 is 0. The van der Waals surface area contributed by atoms with Gasteiger partial charge in [0.2, 0.25) is 0 Å². The van der Waals surface area contributed by atoms with Crippen molar-refractivity contribution in [1.29, 1.82) is 0 Å². The van der Waals surface area contributed by atoms with Gasteiger partial charge < -0.3 is 4.90 Å². The van der Waals surface area contributed by atoms with Crippen molar-refractivity contribution in [1.82, 2.24) is 10.2 Å². The third-order valence-corrected chi connectivity index (χ3v) is 3.47. The predicted octanol–water partition coefficient (Wildman–Crippen LogP) is 3.40. The summed E-state index contributed by atoms with van der Waals surface area (Å²) in [5.41, 5.74) is 1.93. The van der Waals surface area contributed by atoms with Crippen LogP contribution >= 0.6 is 11.6 Å². The Balaban J connectivity index is 1.84. The van der Waals surface area contributed by atoms with E-state index in [1.807, 2.05) is 36.4 Å². The molecule has 0 unspecified atom stereocenters. The second-order valence-corrected chi connectivity index (χ2v) is 4.91. The zero-order valence-corrected chi connectivity index (χ0v) is 10.8. The monoisotopic (exact) mass is 259 g/mol. The molecule has 0 saturated carbocycles. The normalized spacial score (nSPS) is 15.1. The van der Waals surface area contributed by atoms with Crippen LogP contribution in [0.2, 0.25) is 5.02 Å². The van der Waals surface area contributed by atoms with Gasteiger partial charge in [0.15, 0.2) is 5.82 Å². The van der Waals surface area contributed by atoms with Crippen LogP contribution in [0.3, 0.4) is 0 Å². The van der Waals surface area contributed by atoms with Crippen molar-refractivity contribution in [2.75, 3.05) is 18.0 Å². The van der Waals surface area contributed by atoms with E-state index in [1.165, 1.54) is 12.8 Å². The van der Waals surface area contributed by atoms with Crippen molar-refractivity contribution in [3.63, 3.8) is 0 Å². The number of hydrogen-bond acceptors (Lipinski definition) is 3. The fraction of sp³-hybridized carbons (Fsp3) is 0.286. The molecule has 0 aliphatic carbocycles. The number of benzene rings is 1. The lowest BCUT2D eigenvalue weighted by Gasteiger charge is -2.15. The number of aromatic nitrogens is 2. The molecule has 18 heavy (non-hydrogen) atoms. The third kappa shape index (κ3) is 2.31. The molecule has 0 radical (unpaired) electrons. The molecule has 0 N–H and O–H groups in total. The Morgan fingerprint density at radius 2 is 1.61 bits per heavy atom. The average Bonchev–Trinajstić information content (AvgIpc) is 2.94. The summed E-state index contributed by atoms with van der Waals surface area (Å²) in [6.45, 7) is 2.18.